The lowest BCUT2D eigenvalue weighted by Crippen LogP contribution is -2.26. The van der Waals surface area contributed by atoms with Gasteiger partial charge in [-0.05, 0) is 0 Å². The lowest BCUT2D eigenvalue weighted by molar-refractivity contribution is -0.118. The lowest BCUT2D eigenvalue weighted by Gasteiger charge is -2.11. The van der Waals surface area contributed by atoms with Crippen LogP contribution < -0.4 is 10.6 Å². The van der Waals surface area contributed by atoms with Crippen molar-refractivity contribution in [3.8, 4) is 11.4 Å². The summed E-state index contributed by atoms with van der Waals surface area (Å²) in [5, 5.41) is 6.02. The second-order valence-corrected chi connectivity index (χ2v) is 4.99. The van der Waals surface area contributed by atoms with E-state index in [-0.39, 0.29) is 5.91 Å². The number of rotatable bonds is 5. The number of fused-ring (bicyclic) bond motifs is 1. The van der Waals surface area contributed by atoms with E-state index in [0.717, 1.165) is 29.2 Å². The van der Waals surface area contributed by atoms with E-state index in [1.807, 2.05) is 36.5 Å². The van der Waals surface area contributed by atoms with E-state index >= 15 is 0 Å². The third-order valence-corrected chi connectivity index (χ3v) is 3.32. The van der Waals surface area contributed by atoms with Crippen LogP contribution in [0.4, 0.5) is 11.6 Å². The minimum atomic E-state index is -0.0389. The van der Waals surface area contributed by atoms with Gasteiger partial charge in [0.05, 0.1) is 0 Å². The maximum absolute atomic E-state index is 10.9. The Morgan fingerprint density at radius 3 is 2.77 bits per heavy atom. The monoisotopic (exact) mass is 295 g/mol. The van der Waals surface area contributed by atoms with Crippen molar-refractivity contribution in [3.63, 3.8) is 0 Å². The predicted molar refractivity (Wildman–Crippen MR) is 86.5 cm³/mol. The van der Waals surface area contributed by atoms with Crippen LogP contribution in [-0.2, 0) is 11.2 Å². The molecule has 6 nitrogen and oxygen atoms in total. The number of aliphatic imine (C=N–C) groups is 1. The number of hydrogen-bond acceptors (Lipinski definition) is 5. The maximum Gasteiger partial charge on any atom is 0.216 e. The minimum Gasteiger partial charge on any atom is -0.368 e. The smallest absolute Gasteiger partial charge is 0.216 e. The Morgan fingerprint density at radius 1 is 1.18 bits per heavy atom. The first-order valence-corrected chi connectivity index (χ1v) is 7.21. The van der Waals surface area contributed by atoms with Gasteiger partial charge in [0.15, 0.2) is 11.6 Å². The normalized spacial score (nSPS) is 12.0. The number of aromatic nitrogens is 2. The van der Waals surface area contributed by atoms with Crippen LogP contribution in [0, 0.1) is 0 Å². The average Bonchev–Trinajstić information content (AvgIpc) is 3.00. The molecule has 22 heavy (non-hydrogen) atoms. The number of nitrogens with one attached hydrogen (secondary N) is 2. The second-order valence-electron chi connectivity index (χ2n) is 4.99. The van der Waals surface area contributed by atoms with Gasteiger partial charge in [0, 0.05) is 43.8 Å². The number of nitrogens with zero attached hydrogens (tertiary/aromatic N) is 3. The molecule has 2 heterocycles. The van der Waals surface area contributed by atoms with Gasteiger partial charge in [-0.15, -0.1) is 0 Å². The van der Waals surface area contributed by atoms with E-state index in [0.29, 0.717) is 18.9 Å². The SMILES string of the molecule is CC(=O)NCCNc1nc(-c2ccccc2)nc2c1CC=N2. The van der Waals surface area contributed by atoms with E-state index in [1.54, 1.807) is 0 Å². The van der Waals surface area contributed by atoms with Crippen molar-refractivity contribution in [3.05, 3.63) is 35.9 Å². The molecule has 2 aromatic rings. The van der Waals surface area contributed by atoms with Crippen molar-refractivity contribution in [1.82, 2.24) is 15.3 Å². The van der Waals surface area contributed by atoms with Crippen LogP contribution in [0.2, 0.25) is 0 Å². The highest BCUT2D eigenvalue weighted by Crippen LogP contribution is 2.30. The van der Waals surface area contributed by atoms with Crippen LogP contribution >= 0.6 is 0 Å². The van der Waals surface area contributed by atoms with E-state index in [1.165, 1.54) is 6.92 Å². The van der Waals surface area contributed by atoms with Gasteiger partial charge < -0.3 is 10.6 Å². The molecule has 2 N–H and O–H groups in total. The Bertz CT molecular complexity index is 712. The van der Waals surface area contributed by atoms with Crippen molar-refractivity contribution in [1.29, 1.82) is 0 Å². The fourth-order valence-corrected chi connectivity index (χ4v) is 2.27. The Labute approximate surface area is 128 Å². The maximum atomic E-state index is 10.9. The summed E-state index contributed by atoms with van der Waals surface area (Å²) in [6, 6.07) is 9.82. The van der Waals surface area contributed by atoms with E-state index in [4.69, 9.17) is 0 Å². The molecule has 1 aromatic carbocycles. The first-order valence-electron chi connectivity index (χ1n) is 7.21. The fourth-order valence-electron chi connectivity index (χ4n) is 2.27. The summed E-state index contributed by atoms with van der Waals surface area (Å²) in [5.41, 5.74) is 1.96. The Morgan fingerprint density at radius 2 is 2.00 bits per heavy atom. The number of hydrogen-bond donors (Lipinski definition) is 2. The summed E-state index contributed by atoms with van der Waals surface area (Å²) in [6.45, 7) is 2.66. The zero-order valence-electron chi connectivity index (χ0n) is 12.3. The minimum absolute atomic E-state index is 0.0389. The van der Waals surface area contributed by atoms with Crippen LogP contribution in [0.15, 0.2) is 35.3 Å². The van der Waals surface area contributed by atoms with E-state index in [2.05, 4.69) is 25.6 Å². The highest BCUT2D eigenvalue weighted by atomic mass is 16.1. The Balaban J connectivity index is 1.83. The topological polar surface area (TPSA) is 79.3 Å². The molecule has 0 aliphatic carbocycles. The molecule has 0 saturated heterocycles. The molecular weight excluding hydrogens is 278 g/mol. The zero-order chi connectivity index (χ0) is 15.4. The molecule has 0 unspecified atom stereocenters. The molecule has 6 heteroatoms. The fraction of sp³-hybridized carbons (Fsp3) is 0.250. The van der Waals surface area contributed by atoms with Crippen molar-refractivity contribution in [2.75, 3.05) is 18.4 Å². The van der Waals surface area contributed by atoms with Crippen molar-refractivity contribution < 1.29 is 4.79 Å². The quantitative estimate of drug-likeness (QED) is 0.826. The van der Waals surface area contributed by atoms with Gasteiger partial charge in [-0.2, -0.15) is 0 Å². The van der Waals surface area contributed by atoms with E-state index < -0.39 is 0 Å². The van der Waals surface area contributed by atoms with Gasteiger partial charge in [-0.3, -0.25) is 4.79 Å². The molecule has 112 valence electrons. The molecule has 0 spiro atoms. The van der Waals surface area contributed by atoms with Crippen LogP contribution in [0.25, 0.3) is 11.4 Å². The number of benzene rings is 1. The summed E-state index contributed by atoms with van der Waals surface area (Å²) in [7, 11) is 0. The average molecular weight is 295 g/mol. The lowest BCUT2D eigenvalue weighted by atomic mass is 10.2. The Hall–Kier alpha value is -2.76. The van der Waals surface area contributed by atoms with Gasteiger partial charge in [-0.25, -0.2) is 15.0 Å². The van der Waals surface area contributed by atoms with Gasteiger partial charge in [0.1, 0.15) is 5.82 Å². The van der Waals surface area contributed by atoms with Gasteiger partial charge in [0.25, 0.3) is 0 Å². The van der Waals surface area contributed by atoms with Crippen LogP contribution in [0.5, 0.6) is 0 Å². The molecule has 0 saturated carbocycles. The standard InChI is InChI=1S/C16H17N5O/c1-11(22)17-9-10-19-16-13-7-8-18-15(13)20-14(21-16)12-5-3-2-4-6-12/h2-6,8H,7,9-10H2,1H3,(H,17,22)(H,19,20,21). The molecular formula is C16H17N5O. The molecule has 1 aliphatic heterocycles. The predicted octanol–water partition coefficient (Wildman–Crippen LogP) is 1.95. The first kappa shape index (κ1) is 14.2. The largest absolute Gasteiger partial charge is 0.368 e. The molecule has 0 fully saturated rings. The summed E-state index contributed by atoms with van der Waals surface area (Å²) < 4.78 is 0. The molecule has 0 bridgehead atoms. The molecule has 1 aromatic heterocycles. The third-order valence-electron chi connectivity index (χ3n) is 3.32. The third kappa shape index (κ3) is 3.11. The number of anilines is 1. The molecule has 1 amide bonds. The van der Waals surface area contributed by atoms with Crippen molar-refractivity contribution >= 4 is 23.8 Å². The van der Waals surface area contributed by atoms with Gasteiger partial charge >= 0.3 is 0 Å². The Kier molecular flexibility index (Phi) is 4.09. The summed E-state index contributed by atoms with van der Waals surface area (Å²) in [4.78, 5) is 24.4. The molecule has 0 atom stereocenters. The van der Waals surface area contributed by atoms with Gasteiger partial charge in [-0.1, -0.05) is 30.3 Å². The van der Waals surface area contributed by atoms with Crippen LogP contribution in [0.1, 0.15) is 12.5 Å². The highest BCUT2D eigenvalue weighted by Gasteiger charge is 2.17. The zero-order valence-corrected chi connectivity index (χ0v) is 12.3. The van der Waals surface area contributed by atoms with Crippen LogP contribution in [-0.4, -0.2) is 35.2 Å². The number of carbonyl (C=O) groups excluding carboxylic acids is 1. The summed E-state index contributed by atoms with van der Waals surface area (Å²) >= 11 is 0. The number of amides is 1. The first-order chi connectivity index (χ1) is 10.7. The molecule has 0 radical (unpaired) electrons. The van der Waals surface area contributed by atoms with E-state index in [9.17, 15) is 4.79 Å². The number of carbonyl (C=O) groups is 1. The molecule has 3 rings (SSSR count). The van der Waals surface area contributed by atoms with Crippen molar-refractivity contribution in [2.24, 2.45) is 4.99 Å². The summed E-state index contributed by atoms with van der Waals surface area (Å²) in [5.74, 6) is 2.12. The second kappa shape index (κ2) is 6.34. The van der Waals surface area contributed by atoms with Crippen LogP contribution in [0.3, 0.4) is 0 Å². The molecule has 1 aliphatic rings. The highest BCUT2D eigenvalue weighted by molar-refractivity contribution is 5.79. The van der Waals surface area contributed by atoms with Crippen molar-refractivity contribution in [2.45, 2.75) is 13.3 Å². The summed E-state index contributed by atoms with van der Waals surface area (Å²) in [6.07, 6.45) is 2.57. The van der Waals surface area contributed by atoms with Gasteiger partial charge in [0.2, 0.25) is 5.91 Å².